The van der Waals surface area contributed by atoms with E-state index < -0.39 is 24.5 Å². The van der Waals surface area contributed by atoms with Gasteiger partial charge < -0.3 is 10.1 Å². The number of rotatable bonds is 4. The molecule has 0 radical (unpaired) electrons. The number of hydrogen-bond acceptors (Lipinski definition) is 4. The summed E-state index contributed by atoms with van der Waals surface area (Å²) >= 11 is 0. The van der Waals surface area contributed by atoms with Crippen molar-refractivity contribution in [2.45, 2.75) is 45.6 Å². The van der Waals surface area contributed by atoms with Crippen molar-refractivity contribution < 1.29 is 19.1 Å². The molecule has 1 saturated carbocycles. The first-order valence-electron chi connectivity index (χ1n) is 7.80. The Bertz CT molecular complexity index is 607. The van der Waals surface area contributed by atoms with Gasteiger partial charge in [0, 0.05) is 6.04 Å². The number of urea groups is 1. The number of hydrogen-bond donors (Lipinski definition) is 2. The van der Waals surface area contributed by atoms with Crippen LogP contribution in [0.15, 0.2) is 18.2 Å². The van der Waals surface area contributed by atoms with Crippen LogP contribution in [-0.4, -0.2) is 30.6 Å². The standard InChI is InChI=1S/C17H22N2O4/c1-11-7-8-13(9-12(11)2)16(21)23-10-15(20)19-17(22)18-14-5-3-4-6-14/h7-9,14H,3-6,10H2,1-2H3,(H2,18,19,20,22). The Morgan fingerprint density at radius 1 is 1.13 bits per heavy atom. The van der Waals surface area contributed by atoms with Gasteiger partial charge in [0.15, 0.2) is 6.61 Å². The fraction of sp³-hybridized carbons (Fsp3) is 0.471. The molecular weight excluding hydrogens is 296 g/mol. The highest BCUT2D eigenvalue weighted by Crippen LogP contribution is 2.17. The van der Waals surface area contributed by atoms with Crippen LogP contribution in [0, 0.1) is 13.8 Å². The summed E-state index contributed by atoms with van der Waals surface area (Å²) in [4.78, 5) is 35.1. The zero-order valence-electron chi connectivity index (χ0n) is 13.5. The smallest absolute Gasteiger partial charge is 0.338 e. The number of amides is 3. The van der Waals surface area contributed by atoms with Gasteiger partial charge in [0.05, 0.1) is 5.56 Å². The topological polar surface area (TPSA) is 84.5 Å². The SMILES string of the molecule is Cc1ccc(C(=O)OCC(=O)NC(=O)NC2CCCC2)cc1C. The van der Waals surface area contributed by atoms with Crippen LogP contribution in [0.4, 0.5) is 4.79 Å². The number of carbonyl (C=O) groups excluding carboxylic acids is 3. The number of esters is 1. The number of imide groups is 1. The van der Waals surface area contributed by atoms with Crippen molar-refractivity contribution in [1.82, 2.24) is 10.6 Å². The van der Waals surface area contributed by atoms with Gasteiger partial charge in [-0.15, -0.1) is 0 Å². The molecule has 2 rings (SSSR count). The largest absolute Gasteiger partial charge is 0.452 e. The number of nitrogens with one attached hydrogen (secondary N) is 2. The molecule has 0 heterocycles. The van der Waals surface area contributed by atoms with Crippen LogP contribution in [0.1, 0.15) is 47.2 Å². The summed E-state index contributed by atoms with van der Waals surface area (Å²) in [5.74, 6) is -1.22. The lowest BCUT2D eigenvalue weighted by Crippen LogP contribution is -2.44. The molecule has 1 aromatic rings. The highest BCUT2D eigenvalue weighted by Gasteiger charge is 2.18. The average Bonchev–Trinajstić information content (AvgIpc) is 3.00. The number of aryl methyl sites for hydroxylation is 2. The van der Waals surface area contributed by atoms with E-state index in [2.05, 4.69) is 10.6 Å². The maximum atomic E-state index is 11.9. The van der Waals surface area contributed by atoms with Crippen LogP contribution in [0.3, 0.4) is 0 Å². The normalized spacial score (nSPS) is 14.3. The van der Waals surface area contributed by atoms with Gasteiger partial charge in [0.1, 0.15) is 0 Å². The summed E-state index contributed by atoms with van der Waals surface area (Å²) in [6.45, 7) is 3.36. The van der Waals surface area contributed by atoms with Crippen LogP contribution < -0.4 is 10.6 Å². The quantitative estimate of drug-likeness (QED) is 0.834. The van der Waals surface area contributed by atoms with E-state index in [1.165, 1.54) is 0 Å². The third-order valence-electron chi connectivity index (χ3n) is 4.02. The fourth-order valence-corrected chi connectivity index (χ4v) is 2.54. The van der Waals surface area contributed by atoms with Crippen molar-refractivity contribution in [3.05, 3.63) is 34.9 Å². The zero-order valence-corrected chi connectivity index (χ0v) is 13.5. The lowest BCUT2D eigenvalue weighted by atomic mass is 10.1. The van der Waals surface area contributed by atoms with Gasteiger partial charge in [0.25, 0.3) is 5.91 Å². The predicted molar refractivity (Wildman–Crippen MR) is 85.1 cm³/mol. The molecule has 0 saturated heterocycles. The molecule has 0 atom stereocenters. The molecule has 0 unspecified atom stereocenters. The minimum Gasteiger partial charge on any atom is -0.452 e. The van der Waals surface area contributed by atoms with E-state index >= 15 is 0 Å². The van der Waals surface area contributed by atoms with Crippen LogP contribution in [0.5, 0.6) is 0 Å². The van der Waals surface area contributed by atoms with Crippen LogP contribution >= 0.6 is 0 Å². The summed E-state index contributed by atoms with van der Waals surface area (Å²) in [5.41, 5.74) is 2.43. The van der Waals surface area contributed by atoms with E-state index in [1.807, 2.05) is 19.9 Å². The molecule has 1 aromatic carbocycles. The Morgan fingerprint density at radius 3 is 2.48 bits per heavy atom. The Morgan fingerprint density at radius 2 is 1.83 bits per heavy atom. The molecule has 1 aliphatic rings. The van der Waals surface area contributed by atoms with E-state index in [0.29, 0.717) is 5.56 Å². The molecule has 0 bridgehead atoms. The van der Waals surface area contributed by atoms with Crippen LogP contribution in [-0.2, 0) is 9.53 Å². The monoisotopic (exact) mass is 318 g/mol. The molecule has 23 heavy (non-hydrogen) atoms. The molecule has 0 spiro atoms. The minimum atomic E-state index is -0.641. The molecule has 6 nitrogen and oxygen atoms in total. The van der Waals surface area contributed by atoms with Crippen molar-refractivity contribution in [2.75, 3.05) is 6.61 Å². The third-order valence-corrected chi connectivity index (χ3v) is 4.02. The second-order valence-corrected chi connectivity index (χ2v) is 5.88. The lowest BCUT2D eigenvalue weighted by molar-refractivity contribution is -0.123. The van der Waals surface area contributed by atoms with Crippen LogP contribution in [0.2, 0.25) is 0 Å². The van der Waals surface area contributed by atoms with Gasteiger partial charge in [-0.05, 0) is 49.9 Å². The maximum absolute atomic E-state index is 11.9. The molecule has 0 aliphatic heterocycles. The van der Waals surface area contributed by atoms with Crippen molar-refractivity contribution in [3.8, 4) is 0 Å². The molecule has 6 heteroatoms. The maximum Gasteiger partial charge on any atom is 0.338 e. The average molecular weight is 318 g/mol. The second kappa shape index (κ2) is 7.76. The van der Waals surface area contributed by atoms with Gasteiger partial charge in [-0.25, -0.2) is 9.59 Å². The molecule has 1 fully saturated rings. The second-order valence-electron chi connectivity index (χ2n) is 5.88. The number of benzene rings is 1. The summed E-state index contributed by atoms with van der Waals surface area (Å²) in [6.07, 6.45) is 4.05. The van der Waals surface area contributed by atoms with Crippen molar-refractivity contribution in [3.63, 3.8) is 0 Å². The first-order chi connectivity index (χ1) is 11.0. The van der Waals surface area contributed by atoms with E-state index in [0.717, 1.165) is 36.8 Å². The Labute approximate surface area is 135 Å². The molecule has 0 aromatic heterocycles. The van der Waals surface area contributed by atoms with Crippen LogP contribution in [0.25, 0.3) is 0 Å². The fourth-order valence-electron chi connectivity index (χ4n) is 2.54. The van der Waals surface area contributed by atoms with E-state index in [-0.39, 0.29) is 6.04 Å². The van der Waals surface area contributed by atoms with Gasteiger partial charge in [-0.1, -0.05) is 18.9 Å². The number of ether oxygens (including phenoxy) is 1. The minimum absolute atomic E-state index is 0.126. The van der Waals surface area contributed by atoms with Gasteiger partial charge in [-0.3, -0.25) is 10.1 Å². The number of carbonyl (C=O) groups is 3. The Balaban J connectivity index is 1.75. The third kappa shape index (κ3) is 5.09. The highest BCUT2D eigenvalue weighted by atomic mass is 16.5. The Hall–Kier alpha value is -2.37. The Kier molecular flexibility index (Phi) is 5.73. The van der Waals surface area contributed by atoms with Gasteiger partial charge in [-0.2, -0.15) is 0 Å². The highest BCUT2D eigenvalue weighted by molar-refractivity contribution is 5.97. The summed E-state index contributed by atoms with van der Waals surface area (Å²) in [6, 6.07) is 4.77. The summed E-state index contributed by atoms with van der Waals surface area (Å²) < 4.78 is 4.92. The predicted octanol–water partition coefficient (Wildman–Crippen LogP) is 2.23. The van der Waals surface area contributed by atoms with Crippen molar-refractivity contribution in [2.24, 2.45) is 0 Å². The molecule has 1 aliphatic carbocycles. The summed E-state index contributed by atoms with van der Waals surface area (Å²) in [5, 5.41) is 4.90. The summed E-state index contributed by atoms with van der Waals surface area (Å²) in [7, 11) is 0. The van der Waals surface area contributed by atoms with E-state index in [1.54, 1.807) is 12.1 Å². The molecule has 124 valence electrons. The lowest BCUT2D eigenvalue weighted by Gasteiger charge is -2.12. The van der Waals surface area contributed by atoms with Gasteiger partial charge in [0.2, 0.25) is 0 Å². The first-order valence-corrected chi connectivity index (χ1v) is 7.80. The molecular formula is C17H22N2O4. The first kappa shape index (κ1) is 17.0. The van der Waals surface area contributed by atoms with E-state index in [4.69, 9.17) is 4.74 Å². The molecule has 2 N–H and O–H groups in total. The van der Waals surface area contributed by atoms with Crippen molar-refractivity contribution in [1.29, 1.82) is 0 Å². The van der Waals surface area contributed by atoms with Crippen molar-refractivity contribution >= 4 is 17.9 Å². The van der Waals surface area contributed by atoms with E-state index in [9.17, 15) is 14.4 Å². The van der Waals surface area contributed by atoms with Gasteiger partial charge >= 0.3 is 12.0 Å². The molecule has 3 amide bonds. The zero-order chi connectivity index (χ0) is 16.8.